The van der Waals surface area contributed by atoms with E-state index in [-0.39, 0.29) is 0 Å². The van der Waals surface area contributed by atoms with Gasteiger partial charge in [0.15, 0.2) is 0 Å². The molecule has 0 amide bonds. The third kappa shape index (κ3) is 4.27. The zero-order chi connectivity index (χ0) is 9.68. The first-order valence-corrected chi connectivity index (χ1v) is 6.20. The molecule has 0 aromatic rings. The Labute approximate surface area is 88.4 Å². The summed E-state index contributed by atoms with van der Waals surface area (Å²) in [6.07, 6.45) is 4.60. The molecule has 0 N–H and O–H groups in total. The summed E-state index contributed by atoms with van der Waals surface area (Å²) >= 11 is 6.36. The zero-order valence-electron chi connectivity index (χ0n) is 7.79. The van der Waals surface area contributed by atoms with Crippen molar-refractivity contribution in [3.8, 4) is 0 Å². The molecule has 1 rings (SSSR count). The van der Waals surface area contributed by atoms with Crippen molar-refractivity contribution in [2.75, 3.05) is 12.9 Å². The number of halogens is 1. The molecule has 0 saturated heterocycles. The van der Waals surface area contributed by atoms with Gasteiger partial charge in [-0.2, -0.15) is 0 Å². The zero-order valence-corrected chi connectivity index (χ0v) is 9.43. The lowest BCUT2D eigenvalue weighted by atomic mass is 9.89. The Bertz CT molecular complexity index is 167. The number of thioether (sulfide) groups is 1. The maximum absolute atomic E-state index is 12.8. The van der Waals surface area contributed by atoms with Crippen molar-refractivity contribution in [2.24, 2.45) is 5.92 Å². The minimum absolute atomic E-state index is 0.511. The molecule has 1 nitrogen and oxygen atoms in total. The lowest BCUT2D eigenvalue weighted by molar-refractivity contribution is 0.156. The molecule has 1 fully saturated rings. The number of thiocarbonyl (C=S) groups is 1. The van der Waals surface area contributed by atoms with Crippen molar-refractivity contribution < 1.29 is 9.13 Å². The molecule has 0 unspecified atom stereocenters. The van der Waals surface area contributed by atoms with E-state index >= 15 is 0 Å². The summed E-state index contributed by atoms with van der Waals surface area (Å²) in [5.41, 5.74) is 0. The molecule has 76 valence electrons. The number of rotatable bonds is 2. The first kappa shape index (κ1) is 11.2. The molecule has 1 aliphatic carbocycles. The van der Waals surface area contributed by atoms with Gasteiger partial charge in [0.05, 0.1) is 6.61 Å². The second-order valence-corrected chi connectivity index (χ2v) is 4.79. The van der Waals surface area contributed by atoms with E-state index in [9.17, 15) is 4.39 Å². The number of ether oxygens (including phenoxy) is 1. The van der Waals surface area contributed by atoms with Gasteiger partial charge in [-0.3, -0.25) is 0 Å². The highest BCUT2D eigenvalue weighted by Gasteiger charge is 2.20. The highest BCUT2D eigenvalue weighted by atomic mass is 32.2. The predicted molar refractivity (Wildman–Crippen MR) is 58.9 cm³/mol. The molecule has 0 aliphatic heterocycles. The molecular weight excluding hydrogens is 207 g/mol. The van der Waals surface area contributed by atoms with Gasteiger partial charge >= 0.3 is 0 Å². The average molecular weight is 222 g/mol. The molecule has 4 heteroatoms. The molecule has 0 aromatic carbocycles. The maximum atomic E-state index is 12.8. The Morgan fingerprint density at radius 3 is 2.62 bits per heavy atom. The lowest BCUT2D eigenvalue weighted by Crippen LogP contribution is -2.19. The fraction of sp³-hybridized carbons (Fsp3) is 0.889. The fourth-order valence-electron chi connectivity index (χ4n) is 1.53. The van der Waals surface area contributed by atoms with Crippen molar-refractivity contribution in [2.45, 2.75) is 31.9 Å². The van der Waals surface area contributed by atoms with E-state index in [1.54, 1.807) is 0 Å². The van der Waals surface area contributed by atoms with Crippen LogP contribution in [0.4, 0.5) is 4.39 Å². The van der Waals surface area contributed by atoms with Crippen LogP contribution in [0.25, 0.3) is 0 Å². The molecular formula is C9H15FOS2. The van der Waals surface area contributed by atoms with E-state index in [0.717, 1.165) is 12.8 Å². The predicted octanol–water partition coefficient (Wildman–Crippen LogP) is 3.18. The van der Waals surface area contributed by atoms with E-state index < -0.39 is 6.17 Å². The van der Waals surface area contributed by atoms with Crippen LogP contribution in [0.2, 0.25) is 0 Å². The Balaban J connectivity index is 2.12. The van der Waals surface area contributed by atoms with Gasteiger partial charge in [-0.05, 0) is 50.1 Å². The van der Waals surface area contributed by atoms with Crippen molar-refractivity contribution in [1.29, 1.82) is 0 Å². The molecule has 13 heavy (non-hydrogen) atoms. The van der Waals surface area contributed by atoms with Crippen LogP contribution in [0, 0.1) is 5.92 Å². The van der Waals surface area contributed by atoms with Gasteiger partial charge in [0.2, 0.25) is 4.38 Å². The molecule has 0 spiro atoms. The normalized spacial score (nSPS) is 28.5. The molecule has 0 aromatic heterocycles. The standard InChI is InChI=1S/C9H15FOS2/c1-13-9(12)11-6-7-2-4-8(10)5-3-7/h7-8H,2-6H2,1H3. The van der Waals surface area contributed by atoms with Gasteiger partial charge in [-0.1, -0.05) is 11.8 Å². The van der Waals surface area contributed by atoms with E-state index in [1.807, 2.05) is 6.26 Å². The van der Waals surface area contributed by atoms with Gasteiger partial charge < -0.3 is 4.74 Å². The summed E-state index contributed by atoms with van der Waals surface area (Å²) in [5, 5.41) is 0. The molecule has 1 aliphatic rings. The lowest BCUT2D eigenvalue weighted by Gasteiger charge is -2.23. The number of hydrogen-bond donors (Lipinski definition) is 0. The van der Waals surface area contributed by atoms with Crippen LogP contribution in [0.1, 0.15) is 25.7 Å². The van der Waals surface area contributed by atoms with Crippen molar-refractivity contribution >= 4 is 28.4 Å². The summed E-state index contributed by atoms with van der Waals surface area (Å²) in [6, 6.07) is 0. The molecule has 1 saturated carbocycles. The van der Waals surface area contributed by atoms with Crippen LogP contribution in [-0.2, 0) is 4.74 Å². The van der Waals surface area contributed by atoms with E-state index in [2.05, 4.69) is 0 Å². The number of alkyl halides is 1. The van der Waals surface area contributed by atoms with E-state index in [0.29, 0.717) is 29.7 Å². The topological polar surface area (TPSA) is 9.23 Å². The SMILES string of the molecule is CSC(=S)OCC1CCC(F)CC1. The van der Waals surface area contributed by atoms with Gasteiger partial charge in [-0.15, -0.1) is 0 Å². The smallest absolute Gasteiger partial charge is 0.219 e. The van der Waals surface area contributed by atoms with Crippen LogP contribution in [0.3, 0.4) is 0 Å². The average Bonchev–Trinajstić information content (AvgIpc) is 2.16. The highest BCUT2D eigenvalue weighted by Crippen LogP contribution is 2.26. The molecule has 0 bridgehead atoms. The third-order valence-corrected chi connectivity index (χ3v) is 3.45. The summed E-state index contributed by atoms with van der Waals surface area (Å²) in [6.45, 7) is 0.673. The monoisotopic (exact) mass is 222 g/mol. The Kier molecular flexibility index (Phi) is 5.02. The second kappa shape index (κ2) is 5.81. The second-order valence-electron chi connectivity index (χ2n) is 3.38. The Morgan fingerprint density at radius 1 is 1.46 bits per heavy atom. The summed E-state index contributed by atoms with van der Waals surface area (Å²) in [5.74, 6) is 0.511. The summed E-state index contributed by atoms with van der Waals surface area (Å²) in [7, 11) is 0. The minimum atomic E-state index is -0.580. The minimum Gasteiger partial charge on any atom is -0.478 e. The largest absolute Gasteiger partial charge is 0.478 e. The van der Waals surface area contributed by atoms with E-state index in [4.69, 9.17) is 17.0 Å². The molecule has 0 atom stereocenters. The molecule has 0 radical (unpaired) electrons. The van der Waals surface area contributed by atoms with Crippen LogP contribution in [0.15, 0.2) is 0 Å². The van der Waals surface area contributed by atoms with Gasteiger partial charge in [0, 0.05) is 0 Å². The van der Waals surface area contributed by atoms with Crippen LogP contribution in [0.5, 0.6) is 0 Å². The van der Waals surface area contributed by atoms with Crippen LogP contribution >= 0.6 is 24.0 Å². The Hall–Kier alpha value is 0.170. The number of hydrogen-bond acceptors (Lipinski definition) is 3. The quantitative estimate of drug-likeness (QED) is 0.664. The Morgan fingerprint density at radius 2 is 2.08 bits per heavy atom. The molecule has 0 heterocycles. The van der Waals surface area contributed by atoms with Gasteiger partial charge in [0.1, 0.15) is 6.17 Å². The first-order valence-electron chi connectivity index (χ1n) is 4.57. The van der Waals surface area contributed by atoms with Crippen molar-refractivity contribution in [3.05, 3.63) is 0 Å². The van der Waals surface area contributed by atoms with Gasteiger partial charge in [-0.25, -0.2) is 4.39 Å². The summed E-state index contributed by atoms with van der Waals surface area (Å²) < 4.78 is 18.7. The highest BCUT2D eigenvalue weighted by molar-refractivity contribution is 8.22. The third-order valence-electron chi connectivity index (χ3n) is 2.38. The summed E-state index contributed by atoms with van der Waals surface area (Å²) in [4.78, 5) is 0. The van der Waals surface area contributed by atoms with E-state index in [1.165, 1.54) is 11.8 Å². The van der Waals surface area contributed by atoms with Crippen LogP contribution in [-0.4, -0.2) is 23.4 Å². The van der Waals surface area contributed by atoms with Crippen LogP contribution < -0.4 is 0 Å². The van der Waals surface area contributed by atoms with Gasteiger partial charge in [0.25, 0.3) is 0 Å². The first-order chi connectivity index (χ1) is 6.22. The maximum Gasteiger partial charge on any atom is 0.219 e. The van der Waals surface area contributed by atoms with Crippen molar-refractivity contribution in [3.63, 3.8) is 0 Å². The fourth-order valence-corrected chi connectivity index (χ4v) is 1.79. The van der Waals surface area contributed by atoms with Crippen molar-refractivity contribution in [1.82, 2.24) is 0 Å².